The molecule has 1 saturated carbocycles. The van der Waals surface area contributed by atoms with E-state index in [1.807, 2.05) is 6.92 Å². The molecule has 0 heterocycles. The Balaban J connectivity index is 2.40. The fourth-order valence-electron chi connectivity index (χ4n) is 2.37. The number of esters is 1. The predicted molar refractivity (Wildman–Crippen MR) is 66.7 cm³/mol. The van der Waals surface area contributed by atoms with Crippen LogP contribution in [0, 0.1) is 11.8 Å². The normalized spacial score (nSPS) is 25.0. The van der Waals surface area contributed by atoms with Crippen LogP contribution >= 0.6 is 0 Å². The molecule has 3 nitrogen and oxygen atoms in total. The maximum absolute atomic E-state index is 12.7. The fourth-order valence-corrected chi connectivity index (χ4v) is 2.37. The first-order valence-electron chi connectivity index (χ1n) is 7.01. The topological polar surface area (TPSA) is 43.4 Å². The van der Waals surface area contributed by atoms with Gasteiger partial charge in [-0.25, -0.2) is 0 Å². The van der Waals surface area contributed by atoms with Crippen molar-refractivity contribution in [3.8, 4) is 0 Å². The minimum Gasteiger partial charge on any atom is -0.465 e. The van der Waals surface area contributed by atoms with E-state index in [4.69, 9.17) is 4.74 Å². The number of unbranched alkanes of at least 4 members (excludes halogenated alkanes) is 1. The molecular weight excluding hydrogens is 235 g/mol. The van der Waals surface area contributed by atoms with Crippen LogP contribution in [0.5, 0.6) is 0 Å². The van der Waals surface area contributed by atoms with E-state index in [1.165, 1.54) is 0 Å². The standard InChI is InChI=1S/C14H23FO3/c1-2-3-10-18-14(17)12-7-5-4-6-11(8-9-12)13(15)16/h11-12H,2-10H2,1H3. The lowest BCUT2D eigenvalue weighted by atomic mass is 9.86. The van der Waals surface area contributed by atoms with Crippen LogP contribution < -0.4 is 0 Å². The highest BCUT2D eigenvalue weighted by molar-refractivity contribution is 5.73. The second kappa shape index (κ2) is 8.22. The van der Waals surface area contributed by atoms with Crippen LogP contribution in [0.4, 0.5) is 4.39 Å². The summed E-state index contributed by atoms with van der Waals surface area (Å²) in [4.78, 5) is 22.6. The average molecular weight is 258 g/mol. The van der Waals surface area contributed by atoms with Gasteiger partial charge < -0.3 is 4.74 Å². The lowest BCUT2D eigenvalue weighted by Crippen LogP contribution is -2.22. The van der Waals surface area contributed by atoms with Crippen molar-refractivity contribution in [2.75, 3.05) is 6.61 Å². The number of carbonyl (C=O) groups is 2. The monoisotopic (exact) mass is 258 g/mol. The minimum absolute atomic E-state index is 0.149. The Morgan fingerprint density at radius 1 is 1.11 bits per heavy atom. The second-order valence-electron chi connectivity index (χ2n) is 5.08. The second-order valence-corrected chi connectivity index (χ2v) is 5.08. The van der Waals surface area contributed by atoms with Crippen molar-refractivity contribution in [2.24, 2.45) is 11.8 Å². The molecule has 0 aromatic heterocycles. The van der Waals surface area contributed by atoms with Gasteiger partial charge in [-0.15, -0.1) is 0 Å². The van der Waals surface area contributed by atoms with Gasteiger partial charge in [0.05, 0.1) is 12.5 Å². The smallest absolute Gasteiger partial charge is 0.308 e. The molecule has 0 aliphatic heterocycles. The Hall–Kier alpha value is -0.930. The molecule has 1 rings (SSSR count). The summed E-state index contributed by atoms with van der Waals surface area (Å²) in [5.74, 6) is -0.823. The molecule has 0 bridgehead atoms. The fraction of sp³-hybridized carbons (Fsp3) is 0.857. The first-order chi connectivity index (χ1) is 8.65. The molecule has 1 aliphatic rings. The summed E-state index contributed by atoms with van der Waals surface area (Å²) >= 11 is 0. The Bertz CT molecular complexity index is 278. The minimum atomic E-state index is -1.23. The molecule has 1 aliphatic carbocycles. The molecule has 0 aromatic rings. The van der Waals surface area contributed by atoms with Crippen LogP contribution in [0.2, 0.25) is 0 Å². The predicted octanol–water partition coefficient (Wildman–Crippen LogP) is 3.41. The highest BCUT2D eigenvalue weighted by Crippen LogP contribution is 2.27. The van der Waals surface area contributed by atoms with Crippen molar-refractivity contribution < 1.29 is 18.7 Å². The van der Waals surface area contributed by atoms with E-state index in [9.17, 15) is 14.0 Å². The van der Waals surface area contributed by atoms with Crippen LogP contribution in [0.1, 0.15) is 58.3 Å². The molecule has 1 fully saturated rings. The Morgan fingerprint density at radius 2 is 1.72 bits per heavy atom. The van der Waals surface area contributed by atoms with Crippen molar-refractivity contribution in [1.29, 1.82) is 0 Å². The zero-order valence-electron chi connectivity index (χ0n) is 11.1. The zero-order chi connectivity index (χ0) is 13.4. The number of carbonyl (C=O) groups excluding carboxylic acids is 2. The molecule has 0 aromatic carbocycles. The Morgan fingerprint density at radius 3 is 2.33 bits per heavy atom. The third kappa shape index (κ3) is 5.15. The number of ether oxygens (including phenoxy) is 1. The van der Waals surface area contributed by atoms with Gasteiger partial charge in [0.15, 0.2) is 0 Å². The largest absolute Gasteiger partial charge is 0.465 e. The Labute approximate surface area is 108 Å². The van der Waals surface area contributed by atoms with E-state index in [0.717, 1.165) is 32.1 Å². The van der Waals surface area contributed by atoms with Gasteiger partial charge in [0, 0.05) is 5.92 Å². The molecule has 0 spiro atoms. The van der Waals surface area contributed by atoms with Gasteiger partial charge in [-0.2, -0.15) is 4.39 Å². The first kappa shape index (κ1) is 15.1. The van der Waals surface area contributed by atoms with Crippen molar-refractivity contribution in [1.82, 2.24) is 0 Å². The van der Waals surface area contributed by atoms with E-state index in [0.29, 0.717) is 25.9 Å². The molecule has 104 valence electrons. The quantitative estimate of drug-likeness (QED) is 0.431. The molecule has 0 N–H and O–H groups in total. The molecular formula is C14H23FO3. The van der Waals surface area contributed by atoms with Crippen LogP contribution in [-0.2, 0) is 14.3 Å². The van der Waals surface area contributed by atoms with Gasteiger partial charge >= 0.3 is 12.0 Å². The maximum atomic E-state index is 12.7. The van der Waals surface area contributed by atoms with Crippen molar-refractivity contribution >= 4 is 12.0 Å². The van der Waals surface area contributed by atoms with Crippen molar-refractivity contribution in [3.63, 3.8) is 0 Å². The van der Waals surface area contributed by atoms with Gasteiger partial charge in [0.2, 0.25) is 0 Å². The molecule has 0 amide bonds. The SMILES string of the molecule is CCCCOC(=O)C1CCCCC(C(=O)F)CC1. The summed E-state index contributed by atoms with van der Waals surface area (Å²) in [7, 11) is 0. The lowest BCUT2D eigenvalue weighted by molar-refractivity contribution is -0.150. The third-order valence-corrected chi connectivity index (χ3v) is 3.62. The number of halogens is 1. The van der Waals surface area contributed by atoms with E-state index in [1.54, 1.807) is 0 Å². The van der Waals surface area contributed by atoms with Crippen LogP contribution in [0.25, 0.3) is 0 Å². The Kier molecular flexibility index (Phi) is 6.91. The summed E-state index contributed by atoms with van der Waals surface area (Å²) in [6.45, 7) is 2.51. The van der Waals surface area contributed by atoms with Gasteiger partial charge in [-0.3, -0.25) is 9.59 Å². The van der Waals surface area contributed by atoms with E-state index in [2.05, 4.69) is 0 Å². The van der Waals surface area contributed by atoms with Gasteiger partial charge in [-0.1, -0.05) is 26.2 Å². The molecule has 4 heteroatoms. The lowest BCUT2D eigenvalue weighted by Gasteiger charge is -2.21. The molecule has 0 radical (unpaired) electrons. The third-order valence-electron chi connectivity index (χ3n) is 3.62. The number of hydrogen-bond acceptors (Lipinski definition) is 3. The van der Waals surface area contributed by atoms with Gasteiger partial charge in [-0.05, 0) is 32.1 Å². The van der Waals surface area contributed by atoms with Gasteiger partial charge in [0.1, 0.15) is 0 Å². The van der Waals surface area contributed by atoms with E-state index >= 15 is 0 Å². The number of hydrogen-bond donors (Lipinski definition) is 0. The molecule has 18 heavy (non-hydrogen) atoms. The summed E-state index contributed by atoms with van der Waals surface area (Å²) in [6.07, 6.45) is 6.04. The van der Waals surface area contributed by atoms with Crippen molar-refractivity contribution in [3.05, 3.63) is 0 Å². The molecule has 0 saturated heterocycles. The summed E-state index contributed by atoms with van der Waals surface area (Å²) in [6, 6.07) is -1.23. The molecule has 2 unspecified atom stereocenters. The summed E-state index contributed by atoms with van der Waals surface area (Å²) in [5.41, 5.74) is 0. The summed E-state index contributed by atoms with van der Waals surface area (Å²) in [5, 5.41) is 0. The van der Waals surface area contributed by atoms with Crippen LogP contribution in [0.3, 0.4) is 0 Å². The highest BCUT2D eigenvalue weighted by Gasteiger charge is 2.26. The van der Waals surface area contributed by atoms with Crippen LogP contribution in [0.15, 0.2) is 0 Å². The first-order valence-corrected chi connectivity index (χ1v) is 7.01. The maximum Gasteiger partial charge on any atom is 0.308 e. The van der Waals surface area contributed by atoms with Gasteiger partial charge in [0.25, 0.3) is 0 Å². The number of rotatable bonds is 5. The van der Waals surface area contributed by atoms with E-state index < -0.39 is 12.0 Å². The van der Waals surface area contributed by atoms with Crippen molar-refractivity contribution in [2.45, 2.75) is 58.3 Å². The zero-order valence-corrected chi connectivity index (χ0v) is 11.1. The van der Waals surface area contributed by atoms with Crippen LogP contribution in [-0.4, -0.2) is 18.6 Å². The highest BCUT2D eigenvalue weighted by atomic mass is 19.1. The summed E-state index contributed by atoms with van der Waals surface area (Å²) < 4.78 is 17.9. The molecule has 2 atom stereocenters. The van der Waals surface area contributed by atoms with E-state index in [-0.39, 0.29) is 11.9 Å². The average Bonchev–Trinajstić information content (AvgIpc) is 2.28.